The van der Waals surface area contributed by atoms with E-state index < -0.39 is 0 Å². The minimum absolute atomic E-state index is 0.168. The molecule has 2 atom stereocenters. The van der Waals surface area contributed by atoms with Gasteiger partial charge in [-0.1, -0.05) is 38.1 Å². The van der Waals surface area contributed by atoms with E-state index in [-0.39, 0.29) is 11.8 Å². The third-order valence-corrected chi connectivity index (χ3v) is 4.11. The van der Waals surface area contributed by atoms with E-state index in [1.54, 1.807) is 0 Å². The maximum Gasteiger partial charge on any atom is 0.223 e. The van der Waals surface area contributed by atoms with Crippen LogP contribution < -0.4 is 10.6 Å². The zero-order valence-corrected chi connectivity index (χ0v) is 12.8. The van der Waals surface area contributed by atoms with Crippen molar-refractivity contribution in [3.8, 4) is 0 Å². The number of amides is 1. The Kier molecular flexibility index (Phi) is 5.18. The Morgan fingerprint density at radius 2 is 2.05 bits per heavy atom. The summed E-state index contributed by atoms with van der Waals surface area (Å²) in [6, 6.07) is 8.98. The molecule has 1 aromatic rings. The smallest absolute Gasteiger partial charge is 0.223 e. The SMILES string of the molecule is CC1CC(C(=O)NCc2ccc(C(C)C)cc2)CCN1. The molecule has 110 valence electrons. The second-order valence-electron chi connectivity index (χ2n) is 6.19. The molecule has 0 bridgehead atoms. The van der Waals surface area contributed by atoms with Crippen LogP contribution in [0.25, 0.3) is 0 Å². The Morgan fingerprint density at radius 3 is 2.65 bits per heavy atom. The van der Waals surface area contributed by atoms with Gasteiger partial charge in [0, 0.05) is 18.5 Å². The normalized spacial score (nSPS) is 22.8. The van der Waals surface area contributed by atoms with Gasteiger partial charge in [0.1, 0.15) is 0 Å². The van der Waals surface area contributed by atoms with Crippen molar-refractivity contribution in [2.45, 2.75) is 52.1 Å². The molecule has 0 spiro atoms. The number of benzene rings is 1. The minimum atomic E-state index is 0.168. The fourth-order valence-corrected chi connectivity index (χ4v) is 2.72. The van der Waals surface area contributed by atoms with Gasteiger partial charge in [-0.15, -0.1) is 0 Å². The van der Waals surface area contributed by atoms with E-state index in [2.05, 4.69) is 55.7 Å². The molecule has 20 heavy (non-hydrogen) atoms. The van der Waals surface area contributed by atoms with Crippen LogP contribution in [0, 0.1) is 5.92 Å². The standard InChI is InChI=1S/C17H26N2O/c1-12(2)15-6-4-14(5-7-15)11-19-17(20)16-8-9-18-13(3)10-16/h4-7,12-13,16,18H,8-11H2,1-3H3,(H,19,20). The summed E-state index contributed by atoms with van der Waals surface area (Å²) in [5, 5.41) is 6.45. The van der Waals surface area contributed by atoms with Crippen molar-refractivity contribution >= 4 is 5.91 Å². The van der Waals surface area contributed by atoms with Gasteiger partial charge in [0.05, 0.1) is 0 Å². The zero-order chi connectivity index (χ0) is 14.5. The average Bonchev–Trinajstić information content (AvgIpc) is 2.45. The maximum absolute atomic E-state index is 12.2. The second-order valence-corrected chi connectivity index (χ2v) is 6.19. The highest BCUT2D eigenvalue weighted by Gasteiger charge is 2.24. The predicted octanol–water partition coefficient (Wildman–Crippen LogP) is 2.81. The van der Waals surface area contributed by atoms with Crippen LogP contribution in [0.4, 0.5) is 0 Å². The van der Waals surface area contributed by atoms with Gasteiger partial charge in [0.2, 0.25) is 5.91 Å². The van der Waals surface area contributed by atoms with Gasteiger partial charge in [-0.05, 0) is 43.4 Å². The van der Waals surface area contributed by atoms with Crippen LogP contribution in [0.1, 0.15) is 50.7 Å². The molecule has 0 saturated carbocycles. The van der Waals surface area contributed by atoms with Crippen molar-refractivity contribution in [3.05, 3.63) is 35.4 Å². The number of nitrogens with one attached hydrogen (secondary N) is 2. The van der Waals surface area contributed by atoms with Gasteiger partial charge in [0.25, 0.3) is 0 Å². The molecule has 0 aromatic heterocycles. The summed E-state index contributed by atoms with van der Waals surface area (Å²) in [6.45, 7) is 8.10. The van der Waals surface area contributed by atoms with Crippen LogP contribution >= 0.6 is 0 Å². The summed E-state index contributed by atoms with van der Waals surface area (Å²) in [5.41, 5.74) is 2.51. The third kappa shape index (κ3) is 4.07. The monoisotopic (exact) mass is 274 g/mol. The quantitative estimate of drug-likeness (QED) is 0.886. The van der Waals surface area contributed by atoms with Crippen molar-refractivity contribution in [1.82, 2.24) is 10.6 Å². The molecule has 1 aliphatic rings. The van der Waals surface area contributed by atoms with E-state index in [4.69, 9.17) is 0 Å². The van der Waals surface area contributed by atoms with Crippen LogP contribution in [0.15, 0.2) is 24.3 Å². The lowest BCUT2D eigenvalue weighted by atomic mass is 9.92. The van der Waals surface area contributed by atoms with Gasteiger partial charge < -0.3 is 10.6 Å². The largest absolute Gasteiger partial charge is 0.352 e. The molecule has 0 aliphatic carbocycles. The molecule has 3 nitrogen and oxygen atoms in total. The Balaban J connectivity index is 1.83. The number of carbonyl (C=O) groups is 1. The molecule has 1 fully saturated rings. The number of hydrogen-bond acceptors (Lipinski definition) is 2. The first kappa shape index (κ1) is 15.0. The van der Waals surface area contributed by atoms with Crippen molar-refractivity contribution in [2.75, 3.05) is 6.54 Å². The fourth-order valence-electron chi connectivity index (χ4n) is 2.72. The average molecular weight is 274 g/mol. The highest BCUT2D eigenvalue weighted by atomic mass is 16.1. The van der Waals surface area contributed by atoms with Crippen LogP contribution in [0.3, 0.4) is 0 Å². The lowest BCUT2D eigenvalue weighted by Gasteiger charge is -2.27. The van der Waals surface area contributed by atoms with Crippen molar-refractivity contribution < 1.29 is 4.79 Å². The lowest BCUT2D eigenvalue weighted by molar-refractivity contribution is -0.126. The lowest BCUT2D eigenvalue weighted by Crippen LogP contribution is -2.42. The fraction of sp³-hybridized carbons (Fsp3) is 0.588. The van der Waals surface area contributed by atoms with Gasteiger partial charge in [0.15, 0.2) is 0 Å². The van der Waals surface area contributed by atoms with E-state index in [0.717, 1.165) is 19.4 Å². The maximum atomic E-state index is 12.2. The first-order valence-electron chi connectivity index (χ1n) is 7.66. The zero-order valence-electron chi connectivity index (χ0n) is 12.8. The van der Waals surface area contributed by atoms with Gasteiger partial charge in [-0.25, -0.2) is 0 Å². The highest BCUT2D eigenvalue weighted by Crippen LogP contribution is 2.17. The minimum Gasteiger partial charge on any atom is -0.352 e. The second kappa shape index (κ2) is 6.89. The first-order valence-corrected chi connectivity index (χ1v) is 7.66. The van der Waals surface area contributed by atoms with Crippen LogP contribution in [-0.2, 0) is 11.3 Å². The Hall–Kier alpha value is -1.35. The predicted molar refractivity (Wildman–Crippen MR) is 82.6 cm³/mol. The van der Waals surface area contributed by atoms with E-state index in [9.17, 15) is 4.79 Å². The van der Waals surface area contributed by atoms with Crippen LogP contribution in [-0.4, -0.2) is 18.5 Å². The third-order valence-electron chi connectivity index (χ3n) is 4.11. The molecule has 3 heteroatoms. The van der Waals surface area contributed by atoms with E-state index >= 15 is 0 Å². The number of rotatable bonds is 4. The Bertz CT molecular complexity index is 439. The van der Waals surface area contributed by atoms with Gasteiger partial charge in [-0.3, -0.25) is 4.79 Å². The molecule has 1 aliphatic heterocycles. The summed E-state index contributed by atoms with van der Waals surface area (Å²) in [7, 11) is 0. The highest BCUT2D eigenvalue weighted by molar-refractivity contribution is 5.78. The summed E-state index contributed by atoms with van der Waals surface area (Å²) in [4.78, 5) is 12.2. The molecule has 2 unspecified atom stereocenters. The number of piperidine rings is 1. The molecule has 0 radical (unpaired) electrons. The van der Waals surface area contributed by atoms with Crippen LogP contribution in [0.5, 0.6) is 0 Å². The van der Waals surface area contributed by atoms with E-state index in [0.29, 0.717) is 18.5 Å². The summed E-state index contributed by atoms with van der Waals surface area (Å²) in [5.74, 6) is 0.919. The summed E-state index contributed by atoms with van der Waals surface area (Å²) in [6.07, 6.45) is 1.89. The number of carbonyl (C=O) groups excluding carboxylic acids is 1. The van der Waals surface area contributed by atoms with Gasteiger partial charge >= 0.3 is 0 Å². The molecule has 1 heterocycles. The number of hydrogen-bond donors (Lipinski definition) is 2. The molecule has 2 N–H and O–H groups in total. The topological polar surface area (TPSA) is 41.1 Å². The summed E-state index contributed by atoms with van der Waals surface area (Å²) < 4.78 is 0. The molecule has 1 aromatic carbocycles. The Labute approximate surface area is 122 Å². The van der Waals surface area contributed by atoms with Crippen LogP contribution in [0.2, 0.25) is 0 Å². The van der Waals surface area contributed by atoms with Gasteiger partial charge in [-0.2, -0.15) is 0 Å². The molecule has 1 saturated heterocycles. The molecule has 2 rings (SSSR count). The van der Waals surface area contributed by atoms with Crippen molar-refractivity contribution in [2.24, 2.45) is 5.92 Å². The molecular formula is C17H26N2O. The van der Waals surface area contributed by atoms with Crippen molar-refractivity contribution in [1.29, 1.82) is 0 Å². The Morgan fingerprint density at radius 1 is 1.35 bits per heavy atom. The van der Waals surface area contributed by atoms with Crippen molar-refractivity contribution in [3.63, 3.8) is 0 Å². The first-order chi connectivity index (χ1) is 9.56. The van der Waals surface area contributed by atoms with E-state index in [1.165, 1.54) is 11.1 Å². The molecule has 1 amide bonds. The van der Waals surface area contributed by atoms with E-state index in [1.807, 2.05) is 0 Å². The molecular weight excluding hydrogens is 248 g/mol. The summed E-state index contributed by atoms with van der Waals surface area (Å²) >= 11 is 0.